The van der Waals surface area contributed by atoms with Crippen LogP contribution in [0.15, 0.2) is 53.8 Å². The van der Waals surface area contributed by atoms with Crippen molar-refractivity contribution in [2.24, 2.45) is 18.1 Å². The van der Waals surface area contributed by atoms with Gasteiger partial charge in [-0.3, -0.25) is 14.3 Å². The molecule has 7 nitrogen and oxygen atoms in total. The Morgan fingerprint density at radius 3 is 2.56 bits per heavy atom. The lowest BCUT2D eigenvalue weighted by atomic mass is 9.94. The van der Waals surface area contributed by atoms with Gasteiger partial charge in [0.05, 0.1) is 11.9 Å². The van der Waals surface area contributed by atoms with E-state index < -0.39 is 12.0 Å². The number of carbonyl (C=O) groups excluding carboxylic acids is 2. The van der Waals surface area contributed by atoms with Crippen molar-refractivity contribution in [3.05, 3.63) is 59.9 Å². The first-order valence-electron chi connectivity index (χ1n) is 8.65. The van der Waals surface area contributed by atoms with Crippen LogP contribution >= 0.6 is 0 Å². The van der Waals surface area contributed by atoms with Crippen LogP contribution in [0.3, 0.4) is 0 Å². The van der Waals surface area contributed by atoms with E-state index in [1.807, 2.05) is 50.4 Å². The summed E-state index contributed by atoms with van der Waals surface area (Å²) < 4.78 is 1.70. The third-order valence-electron chi connectivity index (χ3n) is 5.31. The molecule has 3 heterocycles. The lowest BCUT2D eigenvalue weighted by Gasteiger charge is -2.16. The van der Waals surface area contributed by atoms with Crippen LogP contribution in [-0.4, -0.2) is 33.4 Å². The first-order valence-corrected chi connectivity index (χ1v) is 8.65. The van der Waals surface area contributed by atoms with Gasteiger partial charge in [0.25, 0.3) is 5.91 Å². The molecule has 1 fully saturated rings. The number of hydrogen-bond acceptors (Lipinski definition) is 5. The van der Waals surface area contributed by atoms with E-state index in [-0.39, 0.29) is 11.8 Å². The molecule has 27 heavy (non-hydrogen) atoms. The summed E-state index contributed by atoms with van der Waals surface area (Å²) in [6.07, 6.45) is 0.731. The fourth-order valence-corrected chi connectivity index (χ4v) is 3.72. The molecular weight excluding hydrogens is 344 g/mol. The number of nitrogens with zero attached hydrogens (tertiary/aromatic N) is 4. The van der Waals surface area contributed by atoms with Crippen molar-refractivity contribution in [3.8, 4) is 0 Å². The van der Waals surface area contributed by atoms with Gasteiger partial charge in [0, 0.05) is 18.3 Å². The average Bonchev–Trinajstić information content (AvgIpc) is 3.32. The number of amides is 2. The Bertz CT molecular complexity index is 1150. The van der Waals surface area contributed by atoms with Crippen LogP contribution in [-0.2, 0) is 21.5 Å². The minimum Gasteiger partial charge on any atom is -0.381 e. The molecule has 0 saturated carbocycles. The van der Waals surface area contributed by atoms with E-state index in [4.69, 9.17) is 4.84 Å². The molecule has 2 aliphatic rings. The summed E-state index contributed by atoms with van der Waals surface area (Å²) in [7, 11) is 1.82. The second kappa shape index (κ2) is 5.51. The van der Waals surface area contributed by atoms with Crippen molar-refractivity contribution in [1.82, 2.24) is 9.78 Å². The van der Waals surface area contributed by atoms with Gasteiger partial charge >= 0.3 is 0 Å². The number of imide groups is 1. The lowest BCUT2D eigenvalue weighted by Crippen LogP contribution is -2.33. The smallest absolute Gasteiger partial charge is 0.278 e. The lowest BCUT2D eigenvalue weighted by molar-refractivity contribution is -0.126. The highest BCUT2D eigenvalue weighted by atomic mass is 16.6. The molecule has 0 N–H and O–H groups in total. The van der Waals surface area contributed by atoms with Gasteiger partial charge in [-0.2, -0.15) is 5.10 Å². The molecule has 3 aromatic rings. The van der Waals surface area contributed by atoms with Crippen molar-refractivity contribution in [3.63, 3.8) is 0 Å². The number of fused-ring (bicyclic) bond motifs is 2. The second-order valence-electron chi connectivity index (χ2n) is 6.79. The summed E-state index contributed by atoms with van der Waals surface area (Å²) in [5.41, 5.74) is 2.60. The van der Waals surface area contributed by atoms with Crippen LogP contribution in [0.1, 0.15) is 11.3 Å². The quantitative estimate of drug-likeness (QED) is 0.657. The molecule has 2 atom stereocenters. The van der Waals surface area contributed by atoms with Crippen LogP contribution in [0.25, 0.3) is 10.8 Å². The normalized spacial score (nSPS) is 21.6. The molecule has 1 saturated heterocycles. The van der Waals surface area contributed by atoms with E-state index >= 15 is 0 Å². The molecule has 134 valence electrons. The van der Waals surface area contributed by atoms with Crippen molar-refractivity contribution >= 4 is 34.0 Å². The number of hydrogen-bond donors (Lipinski definition) is 0. The summed E-state index contributed by atoms with van der Waals surface area (Å²) >= 11 is 0. The zero-order valence-corrected chi connectivity index (χ0v) is 14.8. The van der Waals surface area contributed by atoms with Crippen molar-refractivity contribution in [1.29, 1.82) is 0 Å². The van der Waals surface area contributed by atoms with Gasteiger partial charge in [0.2, 0.25) is 12.0 Å². The van der Waals surface area contributed by atoms with Crippen molar-refractivity contribution < 1.29 is 14.4 Å². The summed E-state index contributed by atoms with van der Waals surface area (Å²) in [6, 6.07) is 13.3. The summed E-state index contributed by atoms with van der Waals surface area (Å²) in [4.78, 5) is 32.6. The number of anilines is 1. The molecule has 0 aliphatic carbocycles. The van der Waals surface area contributed by atoms with E-state index in [0.29, 0.717) is 11.4 Å². The first kappa shape index (κ1) is 15.7. The molecular formula is C20H16N4O3. The van der Waals surface area contributed by atoms with E-state index in [2.05, 4.69) is 10.3 Å². The number of oxime groups is 1. The number of rotatable bonds is 2. The molecule has 0 spiro atoms. The van der Waals surface area contributed by atoms with E-state index in [1.54, 1.807) is 16.9 Å². The Balaban J connectivity index is 1.55. The van der Waals surface area contributed by atoms with Crippen LogP contribution in [0, 0.1) is 12.8 Å². The number of aryl methyl sites for hydroxylation is 1. The van der Waals surface area contributed by atoms with Gasteiger partial charge in [-0.25, -0.2) is 4.90 Å². The zero-order valence-electron chi connectivity index (χ0n) is 14.8. The zero-order chi connectivity index (χ0) is 18.7. The fraction of sp³-hybridized carbons (Fsp3) is 0.200. The molecule has 0 radical (unpaired) electrons. The molecule has 2 aliphatic heterocycles. The summed E-state index contributed by atoms with van der Waals surface area (Å²) in [5.74, 6) is -1.45. The molecule has 2 aromatic carbocycles. The Hall–Kier alpha value is -3.48. The fourth-order valence-electron chi connectivity index (χ4n) is 3.72. The maximum absolute atomic E-state index is 13.2. The predicted molar refractivity (Wildman–Crippen MR) is 99.3 cm³/mol. The molecule has 5 rings (SSSR count). The third kappa shape index (κ3) is 2.14. The number of aromatic nitrogens is 2. The third-order valence-corrected chi connectivity index (χ3v) is 5.31. The minimum absolute atomic E-state index is 0.320. The standard InChI is InChI=1S/C20H16N4O3/c1-11-15(10-21-23(11)2)17-16-18(27-22-17)20(26)24(19(16)25)14-8-7-12-5-3-4-6-13(12)9-14/h3-10,16,18H,1-2H3/t16-,18-/m1/s1. The predicted octanol–water partition coefficient (Wildman–Crippen LogP) is 2.17. The van der Waals surface area contributed by atoms with Gasteiger partial charge in [0.1, 0.15) is 11.6 Å². The highest BCUT2D eigenvalue weighted by Crippen LogP contribution is 2.36. The summed E-state index contributed by atoms with van der Waals surface area (Å²) in [5, 5.41) is 10.2. The number of benzene rings is 2. The van der Waals surface area contributed by atoms with Crippen molar-refractivity contribution in [2.45, 2.75) is 13.0 Å². The monoisotopic (exact) mass is 360 g/mol. The molecule has 1 aromatic heterocycles. The summed E-state index contributed by atoms with van der Waals surface area (Å²) in [6.45, 7) is 1.89. The van der Waals surface area contributed by atoms with E-state index in [9.17, 15) is 9.59 Å². The Morgan fingerprint density at radius 2 is 1.81 bits per heavy atom. The maximum Gasteiger partial charge on any atom is 0.278 e. The van der Waals surface area contributed by atoms with E-state index in [1.165, 1.54) is 4.90 Å². The first-order chi connectivity index (χ1) is 13.1. The molecule has 0 bridgehead atoms. The molecule has 0 unspecified atom stereocenters. The highest BCUT2D eigenvalue weighted by molar-refractivity contribution is 6.32. The minimum atomic E-state index is -0.918. The van der Waals surface area contributed by atoms with Crippen LogP contribution in [0.5, 0.6) is 0 Å². The van der Waals surface area contributed by atoms with Crippen molar-refractivity contribution in [2.75, 3.05) is 4.90 Å². The van der Waals surface area contributed by atoms with Gasteiger partial charge in [-0.1, -0.05) is 35.5 Å². The van der Waals surface area contributed by atoms with Gasteiger partial charge in [-0.15, -0.1) is 0 Å². The maximum atomic E-state index is 13.2. The van der Waals surface area contributed by atoms with Gasteiger partial charge in [0.15, 0.2) is 0 Å². The Morgan fingerprint density at radius 1 is 1.04 bits per heavy atom. The second-order valence-corrected chi connectivity index (χ2v) is 6.79. The number of carbonyl (C=O) groups is 2. The Labute approximate surface area is 154 Å². The van der Waals surface area contributed by atoms with Gasteiger partial charge in [-0.05, 0) is 29.8 Å². The highest BCUT2D eigenvalue weighted by Gasteiger charge is 2.56. The molecule has 7 heteroatoms. The average molecular weight is 360 g/mol. The van der Waals surface area contributed by atoms with E-state index in [0.717, 1.165) is 22.0 Å². The van der Waals surface area contributed by atoms with Gasteiger partial charge < -0.3 is 4.84 Å². The largest absolute Gasteiger partial charge is 0.381 e. The van der Waals surface area contributed by atoms with Crippen LogP contribution in [0.4, 0.5) is 5.69 Å². The SMILES string of the molecule is Cc1c(C2=NO[C@H]3C(=O)N(c4ccc5ccccc5c4)C(=O)[C@H]23)cnn1C. The van der Waals surface area contributed by atoms with Crippen LogP contribution < -0.4 is 4.90 Å². The van der Waals surface area contributed by atoms with Crippen LogP contribution in [0.2, 0.25) is 0 Å². The molecule has 2 amide bonds. The topological polar surface area (TPSA) is 76.8 Å². The Kier molecular flexibility index (Phi) is 3.21.